The molecular formula is C20H21F3N6O2. The highest BCUT2D eigenvalue weighted by molar-refractivity contribution is 5.71. The lowest BCUT2D eigenvalue weighted by atomic mass is 10.1. The molecular weight excluding hydrogens is 413 g/mol. The fourth-order valence-corrected chi connectivity index (χ4v) is 3.69. The first-order valence-electron chi connectivity index (χ1n) is 9.74. The Morgan fingerprint density at radius 1 is 1.23 bits per heavy atom. The van der Waals surface area contributed by atoms with Gasteiger partial charge in [-0.25, -0.2) is 4.79 Å². The molecule has 4 rings (SSSR count). The lowest BCUT2D eigenvalue weighted by Gasteiger charge is -2.20. The van der Waals surface area contributed by atoms with E-state index < -0.39 is 29.2 Å². The minimum Gasteiger partial charge on any atom is -0.354 e. The van der Waals surface area contributed by atoms with E-state index in [1.54, 1.807) is 30.4 Å². The maximum absolute atomic E-state index is 12.9. The van der Waals surface area contributed by atoms with E-state index in [4.69, 9.17) is 0 Å². The van der Waals surface area contributed by atoms with Crippen molar-refractivity contribution >= 4 is 11.5 Å². The lowest BCUT2D eigenvalue weighted by Crippen LogP contribution is -2.35. The number of alkyl halides is 3. The number of anilines is 2. The van der Waals surface area contributed by atoms with Gasteiger partial charge in [-0.05, 0) is 24.1 Å². The summed E-state index contributed by atoms with van der Waals surface area (Å²) in [5.74, 6) is 0.387. The second kappa shape index (κ2) is 7.64. The Balaban J connectivity index is 1.58. The number of hydrogen-bond donors (Lipinski definition) is 2. The van der Waals surface area contributed by atoms with E-state index in [0.717, 1.165) is 16.7 Å². The number of benzene rings is 1. The zero-order valence-electron chi connectivity index (χ0n) is 16.9. The molecule has 1 unspecified atom stereocenters. The fourth-order valence-electron chi connectivity index (χ4n) is 3.69. The van der Waals surface area contributed by atoms with Crippen LogP contribution in [0.5, 0.6) is 0 Å². The van der Waals surface area contributed by atoms with Crippen LogP contribution in [0.4, 0.5) is 24.7 Å². The van der Waals surface area contributed by atoms with Gasteiger partial charge in [0, 0.05) is 25.4 Å². The first-order chi connectivity index (χ1) is 14.7. The molecule has 2 N–H and O–H groups in total. The molecule has 0 spiro atoms. The van der Waals surface area contributed by atoms with Gasteiger partial charge in [-0.15, -0.1) is 0 Å². The van der Waals surface area contributed by atoms with Crippen LogP contribution >= 0.6 is 0 Å². The van der Waals surface area contributed by atoms with E-state index in [1.807, 2.05) is 6.92 Å². The summed E-state index contributed by atoms with van der Waals surface area (Å²) < 4.78 is 41.5. The molecule has 0 amide bonds. The summed E-state index contributed by atoms with van der Waals surface area (Å²) in [5, 5.41) is 7.37. The third-order valence-corrected chi connectivity index (χ3v) is 5.20. The van der Waals surface area contributed by atoms with Gasteiger partial charge in [0.1, 0.15) is 17.7 Å². The summed E-state index contributed by atoms with van der Waals surface area (Å²) in [6.07, 6.45) is -0.941. The molecule has 3 aromatic rings. The molecule has 1 atom stereocenters. The van der Waals surface area contributed by atoms with Gasteiger partial charge in [-0.2, -0.15) is 18.3 Å². The molecule has 1 aromatic carbocycles. The number of fused-ring (bicyclic) bond motifs is 1. The highest BCUT2D eigenvalue weighted by Gasteiger charge is 2.33. The number of aromatic amines is 1. The smallest absolute Gasteiger partial charge is 0.354 e. The molecule has 2 aromatic heterocycles. The van der Waals surface area contributed by atoms with Crippen molar-refractivity contribution in [1.82, 2.24) is 19.3 Å². The minimum absolute atomic E-state index is 0.160. The van der Waals surface area contributed by atoms with Crippen molar-refractivity contribution in [3.05, 3.63) is 74.2 Å². The van der Waals surface area contributed by atoms with Crippen LogP contribution in [-0.4, -0.2) is 26.4 Å². The summed E-state index contributed by atoms with van der Waals surface area (Å²) in [6, 6.07) is 5.09. The van der Waals surface area contributed by atoms with Crippen LogP contribution in [0.25, 0.3) is 0 Å². The van der Waals surface area contributed by atoms with E-state index in [9.17, 15) is 22.8 Å². The molecule has 8 nitrogen and oxygen atoms in total. The minimum atomic E-state index is -4.41. The van der Waals surface area contributed by atoms with E-state index >= 15 is 0 Å². The van der Waals surface area contributed by atoms with Gasteiger partial charge in [-0.3, -0.25) is 19.0 Å². The van der Waals surface area contributed by atoms with Crippen LogP contribution < -0.4 is 21.5 Å². The monoisotopic (exact) mass is 434 g/mol. The second-order valence-corrected chi connectivity index (χ2v) is 7.44. The molecule has 0 radical (unpaired) electrons. The summed E-state index contributed by atoms with van der Waals surface area (Å²) in [5.41, 5.74) is -0.116. The number of hydrogen-bond acceptors (Lipinski definition) is 5. The molecule has 11 heteroatoms. The maximum Gasteiger partial charge on any atom is 0.416 e. The number of halogens is 3. The second-order valence-electron chi connectivity index (χ2n) is 7.44. The Hall–Kier alpha value is -3.50. The number of aromatic nitrogens is 4. The molecule has 0 saturated heterocycles. The summed E-state index contributed by atoms with van der Waals surface area (Å²) in [6.45, 7) is 2.35. The van der Waals surface area contributed by atoms with Gasteiger partial charge in [0.15, 0.2) is 0 Å². The van der Waals surface area contributed by atoms with E-state index in [2.05, 4.69) is 15.4 Å². The average molecular weight is 434 g/mol. The SMILES string of the molecule is CCCn1c(=O)[nH]c2c(c1=O)NC(c1cnn(Cc3cccc(C(F)(F)F)c3)c1)N2C. The first kappa shape index (κ1) is 20.8. The number of nitrogens with zero attached hydrogens (tertiary/aromatic N) is 4. The third-order valence-electron chi connectivity index (χ3n) is 5.20. The topological polar surface area (TPSA) is 88.0 Å². The van der Waals surface area contributed by atoms with E-state index in [1.165, 1.54) is 10.7 Å². The standard InChI is InChI=1S/C20H21F3N6O2/c1-3-7-29-18(30)15-17(26-19(29)31)27(2)16(25-15)13-9-24-28(11-13)10-12-5-4-6-14(8-12)20(21,22)23/h4-6,8-9,11,16,25H,3,7,10H2,1-2H3,(H,26,31). The Morgan fingerprint density at radius 2 is 2.00 bits per heavy atom. The zero-order valence-corrected chi connectivity index (χ0v) is 16.9. The Morgan fingerprint density at radius 3 is 2.71 bits per heavy atom. The highest BCUT2D eigenvalue weighted by Crippen LogP contribution is 2.35. The Bertz CT molecular complexity index is 1230. The third kappa shape index (κ3) is 3.82. The molecule has 31 heavy (non-hydrogen) atoms. The van der Waals surface area contributed by atoms with Gasteiger partial charge >= 0.3 is 11.9 Å². The zero-order chi connectivity index (χ0) is 22.3. The van der Waals surface area contributed by atoms with Gasteiger partial charge in [-0.1, -0.05) is 19.1 Å². The van der Waals surface area contributed by atoms with Crippen LogP contribution in [-0.2, 0) is 19.3 Å². The summed E-state index contributed by atoms with van der Waals surface area (Å²) in [7, 11) is 1.73. The van der Waals surface area contributed by atoms with Crippen LogP contribution in [0.15, 0.2) is 46.2 Å². The van der Waals surface area contributed by atoms with Crippen molar-refractivity contribution in [2.45, 2.75) is 38.8 Å². The molecule has 1 aliphatic rings. The summed E-state index contributed by atoms with van der Waals surface area (Å²) in [4.78, 5) is 29.4. The van der Waals surface area contributed by atoms with Gasteiger partial charge < -0.3 is 10.2 Å². The molecule has 3 heterocycles. The van der Waals surface area contributed by atoms with Crippen molar-refractivity contribution < 1.29 is 13.2 Å². The number of rotatable bonds is 5. The molecule has 0 fully saturated rings. The van der Waals surface area contributed by atoms with Gasteiger partial charge in [0.05, 0.1) is 18.3 Å². The molecule has 0 aliphatic carbocycles. The predicted octanol–water partition coefficient (Wildman–Crippen LogP) is 2.77. The Labute approximate surface area is 174 Å². The quantitative estimate of drug-likeness (QED) is 0.645. The van der Waals surface area contributed by atoms with Crippen molar-refractivity contribution in [1.29, 1.82) is 0 Å². The van der Waals surface area contributed by atoms with E-state index in [0.29, 0.717) is 35.6 Å². The maximum atomic E-state index is 12.9. The molecule has 0 saturated carbocycles. The lowest BCUT2D eigenvalue weighted by molar-refractivity contribution is -0.137. The normalized spacial score (nSPS) is 15.8. The van der Waals surface area contributed by atoms with Crippen molar-refractivity contribution in [2.24, 2.45) is 0 Å². The van der Waals surface area contributed by atoms with Crippen molar-refractivity contribution in [3.63, 3.8) is 0 Å². The largest absolute Gasteiger partial charge is 0.416 e. The van der Waals surface area contributed by atoms with Crippen LogP contribution in [0, 0.1) is 0 Å². The highest BCUT2D eigenvalue weighted by atomic mass is 19.4. The number of H-pyrrole nitrogens is 1. The van der Waals surface area contributed by atoms with Crippen LogP contribution in [0.2, 0.25) is 0 Å². The van der Waals surface area contributed by atoms with Crippen molar-refractivity contribution in [2.75, 3.05) is 17.3 Å². The Kier molecular flexibility index (Phi) is 5.11. The van der Waals surface area contributed by atoms with Crippen LogP contribution in [0.1, 0.15) is 36.2 Å². The fraction of sp³-hybridized carbons (Fsp3) is 0.350. The van der Waals surface area contributed by atoms with Gasteiger partial charge in [0.25, 0.3) is 5.56 Å². The predicted molar refractivity (Wildman–Crippen MR) is 109 cm³/mol. The molecule has 164 valence electrons. The van der Waals surface area contributed by atoms with Gasteiger partial charge in [0.2, 0.25) is 0 Å². The van der Waals surface area contributed by atoms with Crippen LogP contribution in [0.3, 0.4) is 0 Å². The molecule has 1 aliphatic heterocycles. The summed E-state index contributed by atoms with van der Waals surface area (Å²) >= 11 is 0. The van der Waals surface area contributed by atoms with Crippen molar-refractivity contribution in [3.8, 4) is 0 Å². The molecule has 0 bridgehead atoms. The first-order valence-corrected chi connectivity index (χ1v) is 9.74. The number of nitrogens with one attached hydrogen (secondary N) is 2. The average Bonchev–Trinajstić information content (AvgIpc) is 3.30. The van der Waals surface area contributed by atoms with E-state index in [-0.39, 0.29) is 6.54 Å².